The molecule has 4 nitrogen and oxygen atoms in total. The number of aliphatic hydroxyl groups excluding tert-OH is 1. The van der Waals surface area contributed by atoms with Gasteiger partial charge in [-0.2, -0.15) is 0 Å². The first-order valence-corrected chi connectivity index (χ1v) is 12.8. The molecule has 3 unspecified atom stereocenters. The topological polar surface area (TPSA) is 47.9 Å². The standard InChI is InChI=1S/C27H42O4/c1-3-4-5-10-21(31-27-12-6-7-15-30-27)13-14-22-23-16-19-9-8-11-26(29-2)24(19)17-20(23)18-25(22)28/h8-9,11,20-23,25,27-28H,3-7,10,12-18H2,1-2H3/t20?,21-,22+,23?,25+,27?/m0/s1. The molecule has 31 heavy (non-hydrogen) atoms. The Morgan fingerprint density at radius 1 is 1.16 bits per heavy atom. The molecule has 2 fully saturated rings. The van der Waals surface area contributed by atoms with Crippen molar-refractivity contribution in [1.29, 1.82) is 0 Å². The van der Waals surface area contributed by atoms with Crippen molar-refractivity contribution in [2.24, 2.45) is 17.8 Å². The Balaban J connectivity index is 1.38. The molecule has 0 bridgehead atoms. The Labute approximate surface area is 188 Å². The molecule has 6 atom stereocenters. The molecule has 1 N–H and O–H groups in total. The Morgan fingerprint density at radius 2 is 2.06 bits per heavy atom. The van der Waals surface area contributed by atoms with Crippen LogP contribution in [-0.2, 0) is 22.3 Å². The van der Waals surface area contributed by atoms with E-state index < -0.39 is 0 Å². The molecule has 1 heterocycles. The van der Waals surface area contributed by atoms with Gasteiger partial charge in [0.1, 0.15) is 5.75 Å². The summed E-state index contributed by atoms with van der Waals surface area (Å²) in [4.78, 5) is 0. The van der Waals surface area contributed by atoms with E-state index in [9.17, 15) is 5.11 Å². The lowest BCUT2D eigenvalue weighted by Gasteiger charge is -2.33. The van der Waals surface area contributed by atoms with Crippen molar-refractivity contribution in [3.63, 3.8) is 0 Å². The van der Waals surface area contributed by atoms with Crippen molar-refractivity contribution in [3.05, 3.63) is 29.3 Å². The van der Waals surface area contributed by atoms with Gasteiger partial charge in [-0.05, 0) is 92.7 Å². The minimum Gasteiger partial charge on any atom is -0.496 e. The van der Waals surface area contributed by atoms with Crippen LogP contribution in [0.1, 0.15) is 82.3 Å². The Hall–Kier alpha value is -1.10. The van der Waals surface area contributed by atoms with Crippen LogP contribution < -0.4 is 4.74 Å². The van der Waals surface area contributed by atoms with Crippen LogP contribution in [0.15, 0.2) is 18.2 Å². The summed E-state index contributed by atoms with van der Waals surface area (Å²) in [6.45, 7) is 3.09. The van der Waals surface area contributed by atoms with Crippen LogP contribution in [0.3, 0.4) is 0 Å². The average Bonchev–Trinajstić information content (AvgIpc) is 3.10. The van der Waals surface area contributed by atoms with E-state index in [1.165, 1.54) is 36.8 Å². The van der Waals surface area contributed by atoms with Gasteiger partial charge in [-0.15, -0.1) is 0 Å². The fourth-order valence-electron chi connectivity index (χ4n) is 6.31. The van der Waals surface area contributed by atoms with Crippen LogP contribution in [0.4, 0.5) is 0 Å². The monoisotopic (exact) mass is 430 g/mol. The van der Waals surface area contributed by atoms with Crippen molar-refractivity contribution < 1.29 is 19.3 Å². The van der Waals surface area contributed by atoms with Crippen molar-refractivity contribution >= 4 is 0 Å². The van der Waals surface area contributed by atoms with Gasteiger partial charge in [-0.3, -0.25) is 0 Å². The highest BCUT2D eigenvalue weighted by molar-refractivity contribution is 5.43. The third kappa shape index (κ3) is 5.64. The van der Waals surface area contributed by atoms with Crippen LogP contribution in [0.5, 0.6) is 5.75 Å². The Kier molecular flexibility index (Phi) is 8.30. The highest BCUT2D eigenvalue weighted by Crippen LogP contribution is 2.48. The van der Waals surface area contributed by atoms with Crippen LogP contribution in [0.25, 0.3) is 0 Å². The minimum absolute atomic E-state index is 0.0179. The minimum atomic E-state index is -0.183. The molecule has 1 saturated heterocycles. The predicted octanol–water partition coefficient (Wildman–Crippen LogP) is 5.68. The van der Waals surface area contributed by atoms with Gasteiger partial charge in [0.2, 0.25) is 0 Å². The van der Waals surface area contributed by atoms with E-state index in [4.69, 9.17) is 14.2 Å². The summed E-state index contributed by atoms with van der Waals surface area (Å²) in [7, 11) is 1.77. The average molecular weight is 431 g/mol. The number of unbranched alkanes of at least 4 members (excludes halogenated alkanes) is 2. The van der Waals surface area contributed by atoms with E-state index >= 15 is 0 Å². The molecule has 4 heteroatoms. The molecule has 3 aliphatic rings. The highest BCUT2D eigenvalue weighted by Gasteiger charge is 2.45. The van der Waals surface area contributed by atoms with E-state index in [2.05, 4.69) is 25.1 Å². The Bertz CT molecular complexity index is 684. The summed E-state index contributed by atoms with van der Waals surface area (Å²) >= 11 is 0. The number of hydrogen-bond donors (Lipinski definition) is 1. The lowest BCUT2D eigenvalue weighted by atomic mass is 9.73. The van der Waals surface area contributed by atoms with E-state index in [0.29, 0.717) is 17.8 Å². The van der Waals surface area contributed by atoms with E-state index in [1.54, 1.807) is 7.11 Å². The maximum atomic E-state index is 11.0. The third-order valence-corrected chi connectivity index (χ3v) is 8.00. The van der Waals surface area contributed by atoms with Crippen LogP contribution in [0.2, 0.25) is 0 Å². The zero-order valence-electron chi connectivity index (χ0n) is 19.6. The summed E-state index contributed by atoms with van der Waals surface area (Å²) in [5.41, 5.74) is 2.79. The fourth-order valence-corrected chi connectivity index (χ4v) is 6.31. The third-order valence-electron chi connectivity index (χ3n) is 8.00. The summed E-state index contributed by atoms with van der Waals surface area (Å²) < 4.78 is 17.9. The van der Waals surface area contributed by atoms with E-state index in [0.717, 1.165) is 63.7 Å². The van der Waals surface area contributed by atoms with E-state index in [1.807, 2.05) is 0 Å². The van der Waals surface area contributed by atoms with Crippen molar-refractivity contribution in [2.45, 2.75) is 102 Å². The molecule has 0 amide bonds. The maximum Gasteiger partial charge on any atom is 0.157 e. The predicted molar refractivity (Wildman–Crippen MR) is 123 cm³/mol. The number of ether oxygens (including phenoxy) is 3. The first-order valence-electron chi connectivity index (χ1n) is 12.8. The van der Waals surface area contributed by atoms with Crippen molar-refractivity contribution in [1.82, 2.24) is 0 Å². The number of benzene rings is 1. The molecule has 0 aromatic heterocycles. The molecule has 1 aromatic carbocycles. The second-order valence-corrected chi connectivity index (χ2v) is 10.0. The molecule has 1 aromatic rings. The summed E-state index contributed by atoms with van der Waals surface area (Å²) in [5.74, 6) is 2.56. The summed E-state index contributed by atoms with van der Waals surface area (Å²) in [6, 6.07) is 6.45. The van der Waals surface area contributed by atoms with Gasteiger partial charge >= 0.3 is 0 Å². The number of fused-ring (bicyclic) bond motifs is 2. The van der Waals surface area contributed by atoms with Gasteiger partial charge in [-0.25, -0.2) is 0 Å². The number of aliphatic hydroxyl groups is 1. The van der Waals surface area contributed by atoms with Crippen LogP contribution in [-0.4, -0.2) is 37.3 Å². The smallest absolute Gasteiger partial charge is 0.157 e. The molecule has 174 valence electrons. The number of methoxy groups -OCH3 is 1. The van der Waals surface area contributed by atoms with Gasteiger partial charge in [0, 0.05) is 6.61 Å². The molecular formula is C27H42O4. The van der Waals surface area contributed by atoms with Crippen molar-refractivity contribution in [3.8, 4) is 5.75 Å². The first-order chi connectivity index (χ1) is 15.2. The zero-order valence-corrected chi connectivity index (χ0v) is 19.6. The number of rotatable bonds is 10. The molecule has 4 rings (SSSR count). The van der Waals surface area contributed by atoms with Gasteiger partial charge < -0.3 is 19.3 Å². The van der Waals surface area contributed by atoms with Crippen LogP contribution >= 0.6 is 0 Å². The molecule has 1 saturated carbocycles. The van der Waals surface area contributed by atoms with Gasteiger partial charge in [0.25, 0.3) is 0 Å². The molecule has 0 spiro atoms. The first kappa shape index (κ1) is 23.1. The van der Waals surface area contributed by atoms with E-state index in [-0.39, 0.29) is 18.5 Å². The largest absolute Gasteiger partial charge is 0.496 e. The lowest BCUT2D eigenvalue weighted by Crippen LogP contribution is -2.30. The van der Waals surface area contributed by atoms with Crippen LogP contribution in [0, 0.1) is 17.8 Å². The molecule has 0 radical (unpaired) electrons. The molecule has 2 aliphatic carbocycles. The lowest BCUT2D eigenvalue weighted by molar-refractivity contribution is -0.191. The summed E-state index contributed by atoms with van der Waals surface area (Å²) in [6.07, 6.45) is 13.4. The second-order valence-electron chi connectivity index (χ2n) is 10.0. The van der Waals surface area contributed by atoms with Gasteiger partial charge in [0.15, 0.2) is 6.29 Å². The highest BCUT2D eigenvalue weighted by atomic mass is 16.7. The maximum absolute atomic E-state index is 11.0. The second kappa shape index (κ2) is 11.2. The van der Waals surface area contributed by atoms with Gasteiger partial charge in [0.05, 0.1) is 19.3 Å². The zero-order chi connectivity index (χ0) is 21.6. The Morgan fingerprint density at radius 3 is 2.84 bits per heavy atom. The fraction of sp³-hybridized carbons (Fsp3) is 0.778. The SMILES string of the molecule is CCCCC[C@@H](CC[C@@H]1C2Cc3cccc(OC)c3CC2C[C@H]1O)OC1CCCCO1. The molecule has 1 aliphatic heterocycles. The summed E-state index contributed by atoms with van der Waals surface area (Å²) in [5, 5.41) is 11.0. The quantitative estimate of drug-likeness (QED) is 0.485. The van der Waals surface area contributed by atoms with Gasteiger partial charge in [-0.1, -0.05) is 38.3 Å². The van der Waals surface area contributed by atoms with Crippen molar-refractivity contribution in [2.75, 3.05) is 13.7 Å². The molecular weight excluding hydrogens is 388 g/mol. The normalized spacial score (nSPS) is 31.1. The number of hydrogen-bond acceptors (Lipinski definition) is 4.